The Morgan fingerprint density at radius 3 is 1.79 bits per heavy atom. The molecule has 14 heteroatoms. The number of methoxy groups -OCH3 is 4. The maximum atomic E-state index is 13.5. The molecule has 3 aromatic rings. The van der Waals surface area contributed by atoms with Gasteiger partial charge in [0.05, 0.1) is 28.4 Å². The molecule has 0 heterocycles. The summed E-state index contributed by atoms with van der Waals surface area (Å²) in [5.74, 6) is -0.0850. The first-order chi connectivity index (χ1) is 28.1. The Balaban J connectivity index is 1.71. The van der Waals surface area contributed by atoms with Crippen LogP contribution in [0.1, 0.15) is 48.8 Å². The second-order valence-corrected chi connectivity index (χ2v) is 12.8. The van der Waals surface area contributed by atoms with Crippen LogP contribution >= 0.6 is 0 Å². The van der Waals surface area contributed by atoms with Crippen molar-refractivity contribution >= 4 is 23.9 Å². The number of carbonyl (C=O) groups excluding carboxylic acids is 4. The van der Waals surface area contributed by atoms with Crippen molar-refractivity contribution < 1.29 is 52.3 Å². The van der Waals surface area contributed by atoms with Gasteiger partial charge in [0.15, 0.2) is 0 Å². The van der Waals surface area contributed by atoms with Crippen LogP contribution in [0.25, 0.3) is 0 Å². The van der Waals surface area contributed by atoms with E-state index in [9.17, 15) is 19.2 Å². The molecule has 14 nitrogen and oxygen atoms in total. The molecule has 312 valence electrons. The highest BCUT2D eigenvalue weighted by Crippen LogP contribution is 2.26. The largest absolute Gasteiger partial charge is 0.497 e. The Morgan fingerprint density at radius 2 is 1.24 bits per heavy atom. The molecule has 58 heavy (non-hydrogen) atoms. The number of hydrogen-bond acceptors (Lipinski definition) is 12. The Hall–Kier alpha value is -6.28. The topological polar surface area (TPSA) is 169 Å². The number of urea groups is 1. The first-order valence-corrected chi connectivity index (χ1v) is 18.8. The van der Waals surface area contributed by atoms with Gasteiger partial charge in [-0.2, -0.15) is 0 Å². The molecule has 0 radical (unpaired) electrons. The summed E-state index contributed by atoms with van der Waals surface area (Å²) in [6.07, 6.45) is 6.39. The molecule has 2 atom stereocenters. The van der Waals surface area contributed by atoms with Crippen LogP contribution in [0.4, 0.5) is 4.79 Å². The molecule has 0 aliphatic carbocycles. The number of benzene rings is 3. The highest BCUT2D eigenvalue weighted by atomic mass is 16.5. The zero-order chi connectivity index (χ0) is 42.1. The number of esters is 3. The van der Waals surface area contributed by atoms with Crippen molar-refractivity contribution in [2.24, 2.45) is 0 Å². The minimum Gasteiger partial charge on any atom is -0.497 e. The van der Waals surface area contributed by atoms with Gasteiger partial charge in [0.1, 0.15) is 54.9 Å². The first kappa shape index (κ1) is 46.1. The number of hydrogen-bond donors (Lipinski definition) is 3. The van der Waals surface area contributed by atoms with Gasteiger partial charge in [-0.05, 0) is 67.6 Å². The maximum absolute atomic E-state index is 13.5. The van der Waals surface area contributed by atoms with E-state index in [-0.39, 0.29) is 39.1 Å². The summed E-state index contributed by atoms with van der Waals surface area (Å²) >= 11 is 0. The first-order valence-electron chi connectivity index (χ1n) is 18.8. The molecule has 0 saturated heterocycles. The van der Waals surface area contributed by atoms with Crippen molar-refractivity contribution in [1.29, 1.82) is 0 Å². The minimum absolute atomic E-state index is 0.00921. The van der Waals surface area contributed by atoms with Gasteiger partial charge in [-0.1, -0.05) is 61.7 Å². The van der Waals surface area contributed by atoms with E-state index in [4.69, 9.17) is 33.2 Å². The Kier molecular flexibility index (Phi) is 20.5. The average Bonchev–Trinajstić information content (AvgIpc) is 3.25. The van der Waals surface area contributed by atoms with Gasteiger partial charge in [-0.3, -0.25) is 4.79 Å². The second-order valence-electron chi connectivity index (χ2n) is 12.8. The lowest BCUT2D eigenvalue weighted by atomic mass is 10.1. The molecule has 3 N–H and O–H groups in total. The third-order valence-corrected chi connectivity index (χ3v) is 8.81. The van der Waals surface area contributed by atoms with E-state index in [0.29, 0.717) is 60.1 Å². The fourth-order valence-corrected chi connectivity index (χ4v) is 5.55. The van der Waals surface area contributed by atoms with E-state index in [1.807, 2.05) is 36.4 Å². The van der Waals surface area contributed by atoms with Crippen LogP contribution in [-0.4, -0.2) is 77.6 Å². The third-order valence-electron chi connectivity index (χ3n) is 8.81. The number of unbranched alkanes of at least 4 members (excludes halogenated alkanes) is 1. The van der Waals surface area contributed by atoms with Crippen LogP contribution in [0.5, 0.6) is 23.0 Å². The summed E-state index contributed by atoms with van der Waals surface area (Å²) in [5.41, 5.74) is 2.91. The molecule has 0 fully saturated rings. The molecule has 2 amide bonds. The van der Waals surface area contributed by atoms with Gasteiger partial charge in [0.25, 0.3) is 0 Å². The smallest absolute Gasteiger partial charge is 0.329 e. The van der Waals surface area contributed by atoms with E-state index in [1.165, 1.54) is 28.4 Å². The van der Waals surface area contributed by atoms with Crippen LogP contribution in [0, 0.1) is 0 Å². The monoisotopic (exact) mass is 801 g/mol. The zero-order valence-corrected chi connectivity index (χ0v) is 33.7. The van der Waals surface area contributed by atoms with Gasteiger partial charge in [0.2, 0.25) is 0 Å². The van der Waals surface area contributed by atoms with Crippen LogP contribution in [-0.2, 0) is 48.4 Å². The molecule has 0 bridgehead atoms. The van der Waals surface area contributed by atoms with Crippen molar-refractivity contribution in [2.75, 3.05) is 41.5 Å². The lowest BCUT2D eigenvalue weighted by Crippen LogP contribution is -2.51. The van der Waals surface area contributed by atoms with Crippen LogP contribution in [0.15, 0.2) is 104 Å². The molecule has 0 spiro atoms. The van der Waals surface area contributed by atoms with Gasteiger partial charge >= 0.3 is 23.9 Å². The normalized spacial score (nSPS) is 11.9. The fraction of sp³-hybridized carbons (Fsp3) is 0.364. The standard InChI is InChI=1S/C44H55N3O11/c1-7-14-31(8-2)27-45-24-13-12-17-37(42(49)57-28-32-15-10-9-11-16-32)46-44(51)47-38(43(50)58-30-34-19-21-36(53-4)26-40(34)55-6)22-23-41(48)56-29-33-18-20-35(52-3)25-39(33)54-5/h7-11,14-16,18-21,25-26,37-38,45H,1-2,12-13,17,22-24,27-30H2,3-6H3,(H2,46,47,51)/b31-14+. The zero-order valence-electron chi connectivity index (χ0n) is 33.7. The molecule has 0 aromatic heterocycles. The molecule has 0 aliphatic rings. The van der Waals surface area contributed by atoms with Gasteiger partial charge in [0, 0.05) is 36.2 Å². The highest BCUT2D eigenvalue weighted by Gasteiger charge is 2.28. The maximum Gasteiger partial charge on any atom is 0.329 e. The predicted molar refractivity (Wildman–Crippen MR) is 219 cm³/mol. The van der Waals surface area contributed by atoms with E-state index in [2.05, 4.69) is 29.1 Å². The van der Waals surface area contributed by atoms with Crippen LogP contribution in [0.2, 0.25) is 0 Å². The van der Waals surface area contributed by atoms with E-state index in [0.717, 1.165) is 11.1 Å². The molecule has 2 unspecified atom stereocenters. The summed E-state index contributed by atoms with van der Waals surface area (Å²) in [6, 6.07) is 16.1. The number of amides is 2. The lowest BCUT2D eigenvalue weighted by molar-refractivity contribution is -0.149. The molecule has 3 aromatic carbocycles. The summed E-state index contributed by atoms with van der Waals surface area (Å²) < 4.78 is 38.0. The quantitative estimate of drug-likeness (QED) is 0.0369. The number of ether oxygens (including phenoxy) is 7. The van der Waals surface area contributed by atoms with E-state index < -0.39 is 36.0 Å². The molecule has 0 aliphatic heterocycles. The van der Waals surface area contributed by atoms with Crippen molar-refractivity contribution in [3.8, 4) is 23.0 Å². The lowest BCUT2D eigenvalue weighted by Gasteiger charge is -2.22. The van der Waals surface area contributed by atoms with E-state index >= 15 is 0 Å². The molecular weight excluding hydrogens is 746 g/mol. The number of nitrogens with one attached hydrogen (secondary N) is 3. The van der Waals surface area contributed by atoms with Gasteiger partial charge in [-0.25, -0.2) is 14.4 Å². The summed E-state index contributed by atoms with van der Waals surface area (Å²) in [6.45, 7) is 8.47. The van der Waals surface area contributed by atoms with Crippen molar-refractivity contribution in [2.45, 2.75) is 64.0 Å². The van der Waals surface area contributed by atoms with Crippen molar-refractivity contribution in [3.63, 3.8) is 0 Å². The van der Waals surface area contributed by atoms with Gasteiger partial charge in [-0.15, -0.1) is 0 Å². The molecule has 0 saturated carbocycles. The number of rotatable bonds is 26. The molecule has 3 rings (SSSR count). The predicted octanol–water partition coefficient (Wildman–Crippen LogP) is 6.13. The Labute approximate surface area is 340 Å². The van der Waals surface area contributed by atoms with Crippen molar-refractivity contribution in [1.82, 2.24) is 16.0 Å². The second kappa shape index (κ2) is 25.8. The summed E-state index contributed by atoms with van der Waals surface area (Å²) in [5, 5.41) is 8.59. The minimum atomic E-state index is -1.31. The van der Waals surface area contributed by atoms with Crippen LogP contribution < -0.4 is 34.9 Å². The van der Waals surface area contributed by atoms with Crippen molar-refractivity contribution in [3.05, 3.63) is 120 Å². The highest BCUT2D eigenvalue weighted by molar-refractivity contribution is 5.87. The summed E-state index contributed by atoms with van der Waals surface area (Å²) in [7, 11) is 6.00. The fourth-order valence-electron chi connectivity index (χ4n) is 5.55. The van der Waals surface area contributed by atoms with Gasteiger partial charge < -0.3 is 49.1 Å². The SMILES string of the molecule is C=C/C=C(\C=C)CNCCCCC(NC(=O)NC(CCC(=O)OCc1ccc(OC)cc1OC)C(=O)OCc1ccc(OC)cc1OC)C(=O)OCc1ccccc1. The summed E-state index contributed by atoms with van der Waals surface area (Å²) in [4.78, 5) is 53.4. The Morgan fingerprint density at radius 1 is 0.672 bits per heavy atom. The van der Waals surface area contributed by atoms with E-state index in [1.54, 1.807) is 48.6 Å². The molecular formula is C44H55N3O11. The van der Waals surface area contributed by atoms with Crippen LogP contribution in [0.3, 0.4) is 0 Å². The third kappa shape index (κ3) is 16.1. The average molecular weight is 802 g/mol. The number of allylic oxidation sites excluding steroid dienone is 2. The number of carbonyl (C=O) groups is 4. The Bertz CT molecular complexity index is 1830.